The number of rotatable bonds is 3. The standard InChI is InChI=1S/C14H11ClN2O2/c15-13-5-11(3-1-9(13)7-16)17-8-10-2-4-12(18)6-14(10)19/h1-6,17-19H,8H2. The molecule has 0 aliphatic carbocycles. The number of hydrogen-bond acceptors (Lipinski definition) is 4. The van der Waals surface area contributed by atoms with Crippen molar-refractivity contribution in [1.82, 2.24) is 0 Å². The van der Waals surface area contributed by atoms with Gasteiger partial charge in [-0.2, -0.15) is 5.26 Å². The minimum absolute atomic E-state index is 0.0164. The summed E-state index contributed by atoms with van der Waals surface area (Å²) in [5.41, 5.74) is 1.81. The second-order valence-corrected chi connectivity index (χ2v) is 4.38. The number of benzene rings is 2. The predicted molar refractivity (Wildman–Crippen MR) is 73.3 cm³/mol. The maximum absolute atomic E-state index is 9.64. The van der Waals surface area contributed by atoms with E-state index in [1.165, 1.54) is 12.1 Å². The Morgan fingerprint density at radius 2 is 1.95 bits per heavy atom. The van der Waals surface area contributed by atoms with E-state index in [9.17, 15) is 10.2 Å². The first-order valence-corrected chi connectivity index (χ1v) is 5.92. The van der Waals surface area contributed by atoms with Gasteiger partial charge in [-0.05, 0) is 30.3 Å². The highest BCUT2D eigenvalue weighted by Crippen LogP contribution is 2.25. The Bertz CT molecular complexity index is 650. The van der Waals surface area contributed by atoms with Gasteiger partial charge in [-0.15, -0.1) is 0 Å². The van der Waals surface area contributed by atoms with Crippen molar-refractivity contribution in [3.8, 4) is 17.6 Å². The summed E-state index contributed by atoms with van der Waals surface area (Å²) >= 11 is 5.92. The van der Waals surface area contributed by atoms with Crippen molar-refractivity contribution in [2.24, 2.45) is 0 Å². The number of hydrogen-bond donors (Lipinski definition) is 3. The third-order valence-corrected chi connectivity index (χ3v) is 2.95. The molecule has 2 rings (SSSR count). The Morgan fingerprint density at radius 3 is 2.58 bits per heavy atom. The van der Waals surface area contributed by atoms with Gasteiger partial charge in [-0.1, -0.05) is 11.6 Å². The number of halogens is 1. The van der Waals surface area contributed by atoms with Gasteiger partial charge in [-0.25, -0.2) is 0 Å². The van der Waals surface area contributed by atoms with Crippen LogP contribution in [0, 0.1) is 11.3 Å². The van der Waals surface area contributed by atoms with Crippen molar-refractivity contribution in [1.29, 1.82) is 5.26 Å². The molecular weight excluding hydrogens is 264 g/mol. The molecule has 0 amide bonds. The molecule has 2 aromatic rings. The zero-order chi connectivity index (χ0) is 13.8. The van der Waals surface area contributed by atoms with Crippen LogP contribution >= 0.6 is 11.6 Å². The fraction of sp³-hybridized carbons (Fsp3) is 0.0714. The van der Waals surface area contributed by atoms with Gasteiger partial charge in [0, 0.05) is 23.9 Å². The lowest BCUT2D eigenvalue weighted by atomic mass is 10.1. The topological polar surface area (TPSA) is 76.3 Å². The van der Waals surface area contributed by atoms with Gasteiger partial charge < -0.3 is 15.5 Å². The fourth-order valence-corrected chi connectivity index (χ4v) is 1.84. The zero-order valence-electron chi connectivity index (χ0n) is 9.89. The summed E-state index contributed by atoms with van der Waals surface area (Å²) in [6.07, 6.45) is 0. The Hall–Kier alpha value is -2.38. The van der Waals surface area contributed by atoms with E-state index in [1.54, 1.807) is 24.3 Å². The van der Waals surface area contributed by atoms with E-state index < -0.39 is 0 Å². The maximum Gasteiger partial charge on any atom is 0.124 e. The van der Waals surface area contributed by atoms with Gasteiger partial charge >= 0.3 is 0 Å². The van der Waals surface area contributed by atoms with E-state index in [0.717, 1.165) is 5.69 Å². The molecule has 2 aromatic carbocycles. The number of anilines is 1. The summed E-state index contributed by atoms with van der Waals surface area (Å²) < 4.78 is 0. The van der Waals surface area contributed by atoms with E-state index in [-0.39, 0.29) is 11.5 Å². The predicted octanol–water partition coefficient (Wildman–Crippen LogP) is 3.23. The van der Waals surface area contributed by atoms with Crippen LogP contribution < -0.4 is 5.32 Å². The molecule has 0 aromatic heterocycles. The van der Waals surface area contributed by atoms with E-state index in [2.05, 4.69) is 5.32 Å². The van der Waals surface area contributed by atoms with Crippen LogP contribution in [-0.2, 0) is 6.54 Å². The summed E-state index contributed by atoms with van der Waals surface area (Å²) in [6, 6.07) is 11.4. The molecule has 3 N–H and O–H groups in total. The zero-order valence-corrected chi connectivity index (χ0v) is 10.6. The molecule has 0 radical (unpaired) electrons. The molecule has 0 fully saturated rings. The highest BCUT2D eigenvalue weighted by molar-refractivity contribution is 6.32. The molecule has 0 atom stereocenters. The lowest BCUT2D eigenvalue weighted by Gasteiger charge is -2.09. The molecule has 0 aliphatic heterocycles. The summed E-state index contributed by atoms with van der Waals surface area (Å²) in [7, 11) is 0. The molecule has 0 bridgehead atoms. The monoisotopic (exact) mass is 274 g/mol. The molecule has 19 heavy (non-hydrogen) atoms. The van der Waals surface area contributed by atoms with Gasteiger partial charge in [0.05, 0.1) is 10.6 Å². The molecular formula is C14H11ClN2O2. The first kappa shape index (κ1) is 13.1. The second kappa shape index (κ2) is 5.51. The van der Waals surface area contributed by atoms with Crippen molar-refractivity contribution in [2.75, 3.05) is 5.32 Å². The molecule has 5 heteroatoms. The first-order chi connectivity index (χ1) is 9.10. The van der Waals surface area contributed by atoms with E-state index in [0.29, 0.717) is 22.7 Å². The average molecular weight is 275 g/mol. The fourth-order valence-electron chi connectivity index (χ4n) is 1.61. The molecule has 0 aliphatic rings. The number of phenolic OH excluding ortho intramolecular Hbond substituents is 2. The van der Waals surface area contributed by atoms with Crippen LogP contribution in [-0.4, -0.2) is 10.2 Å². The van der Waals surface area contributed by atoms with Crippen LogP contribution in [0.3, 0.4) is 0 Å². The average Bonchev–Trinajstić information content (AvgIpc) is 2.38. The Morgan fingerprint density at radius 1 is 1.16 bits per heavy atom. The van der Waals surface area contributed by atoms with Crippen molar-refractivity contribution in [3.05, 3.63) is 52.5 Å². The summed E-state index contributed by atoms with van der Waals surface area (Å²) in [6.45, 7) is 0.383. The highest BCUT2D eigenvalue weighted by Gasteiger charge is 2.04. The minimum Gasteiger partial charge on any atom is -0.508 e. The lowest BCUT2D eigenvalue weighted by Crippen LogP contribution is -1.99. The van der Waals surface area contributed by atoms with Gasteiger partial charge in [0.1, 0.15) is 17.6 Å². The third-order valence-electron chi connectivity index (χ3n) is 2.64. The maximum atomic E-state index is 9.64. The van der Waals surface area contributed by atoms with Crippen LogP contribution in [0.4, 0.5) is 5.69 Å². The van der Waals surface area contributed by atoms with Crippen LogP contribution in [0.15, 0.2) is 36.4 Å². The smallest absolute Gasteiger partial charge is 0.124 e. The van der Waals surface area contributed by atoms with Crippen LogP contribution in [0.25, 0.3) is 0 Å². The molecule has 0 saturated heterocycles. The van der Waals surface area contributed by atoms with Gasteiger partial charge in [0.15, 0.2) is 0 Å². The normalized spacial score (nSPS) is 9.89. The van der Waals surface area contributed by atoms with E-state index in [4.69, 9.17) is 16.9 Å². The SMILES string of the molecule is N#Cc1ccc(NCc2ccc(O)cc2O)cc1Cl. The Balaban J connectivity index is 2.10. The number of nitrogens with zero attached hydrogens (tertiary/aromatic N) is 1. The van der Waals surface area contributed by atoms with E-state index in [1.807, 2.05) is 6.07 Å². The summed E-state index contributed by atoms with van der Waals surface area (Å²) in [4.78, 5) is 0. The number of nitrogens with one attached hydrogen (secondary N) is 1. The molecule has 0 spiro atoms. The quantitative estimate of drug-likeness (QED) is 0.803. The largest absolute Gasteiger partial charge is 0.508 e. The number of nitriles is 1. The highest BCUT2D eigenvalue weighted by atomic mass is 35.5. The van der Waals surface area contributed by atoms with Crippen LogP contribution in [0.1, 0.15) is 11.1 Å². The third kappa shape index (κ3) is 3.09. The van der Waals surface area contributed by atoms with Crippen molar-refractivity contribution < 1.29 is 10.2 Å². The van der Waals surface area contributed by atoms with Crippen LogP contribution in [0.2, 0.25) is 5.02 Å². The van der Waals surface area contributed by atoms with Gasteiger partial charge in [0.2, 0.25) is 0 Å². The van der Waals surface area contributed by atoms with E-state index >= 15 is 0 Å². The summed E-state index contributed by atoms with van der Waals surface area (Å²) in [5, 5.41) is 31.0. The summed E-state index contributed by atoms with van der Waals surface area (Å²) in [5.74, 6) is 0.0370. The Labute approximate surface area is 115 Å². The minimum atomic E-state index is 0.0164. The van der Waals surface area contributed by atoms with Gasteiger partial charge in [-0.3, -0.25) is 0 Å². The molecule has 0 heterocycles. The van der Waals surface area contributed by atoms with Crippen LogP contribution in [0.5, 0.6) is 11.5 Å². The van der Waals surface area contributed by atoms with Crippen molar-refractivity contribution >= 4 is 17.3 Å². The number of aromatic hydroxyl groups is 2. The van der Waals surface area contributed by atoms with Gasteiger partial charge in [0.25, 0.3) is 0 Å². The molecule has 0 saturated carbocycles. The first-order valence-electron chi connectivity index (χ1n) is 5.54. The Kier molecular flexibility index (Phi) is 3.79. The number of phenols is 2. The lowest BCUT2D eigenvalue weighted by molar-refractivity contribution is 0.446. The second-order valence-electron chi connectivity index (χ2n) is 3.97. The molecule has 4 nitrogen and oxygen atoms in total. The van der Waals surface area contributed by atoms with Crippen molar-refractivity contribution in [2.45, 2.75) is 6.54 Å². The molecule has 96 valence electrons. The van der Waals surface area contributed by atoms with Crippen molar-refractivity contribution in [3.63, 3.8) is 0 Å². The molecule has 0 unspecified atom stereocenters.